The molecule has 1 aliphatic rings. The quantitative estimate of drug-likeness (QED) is 0.710. The number of nitrogens with one attached hydrogen (secondary N) is 1. The van der Waals surface area contributed by atoms with Gasteiger partial charge in [-0.25, -0.2) is 0 Å². The van der Waals surface area contributed by atoms with E-state index < -0.39 is 0 Å². The molecule has 1 saturated heterocycles. The zero-order valence-corrected chi connectivity index (χ0v) is 11.3. The molecule has 1 unspecified atom stereocenters. The van der Waals surface area contributed by atoms with E-state index >= 15 is 0 Å². The fraction of sp³-hybridized carbons (Fsp3) is 0.917. The summed E-state index contributed by atoms with van der Waals surface area (Å²) in [5.41, 5.74) is 5.39. The van der Waals surface area contributed by atoms with Crippen LogP contribution in [0.1, 0.15) is 27.7 Å². The van der Waals surface area contributed by atoms with Crippen molar-refractivity contribution in [3.05, 3.63) is 0 Å². The maximum atomic E-state index is 11.4. The Kier molecular flexibility index (Phi) is 4.91. The van der Waals surface area contributed by atoms with Gasteiger partial charge in [0.15, 0.2) is 0 Å². The van der Waals surface area contributed by atoms with Crippen LogP contribution in [-0.4, -0.2) is 54.7 Å². The van der Waals surface area contributed by atoms with E-state index in [2.05, 4.69) is 24.1 Å². The number of carbonyl (C=O) groups excluding carboxylic acids is 1. The second kappa shape index (κ2) is 5.80. The number of hydrogen-bond acceptors (Lipinski definition) is 4. The molecule has 3 N–H and O–H groups in total. The predicted octanol–water partition coefficient (Wildman–Crippen LogP) is -0.0509. The van der Waals surface area contributed by atoms with Gasteiger partial charge >= 0.3 is 0 Å². The van der Waals surface area contributed by atoms with Crippen molar-refractivity contribution in [1.82, 2.24) is 10.2 Å². The van der Waals surface area contributed by atoms with Crippen LogP contribution in [0.4, 0.5) is 0 Å². The minimum atomic E-state index is -0.299. The van der Waals surface area contributed by atoms with Gasteiger partial charge in [-0.3, -0.25) is 9.69 Å². The van der Waals surface area contributed by atoms with Crippen LogP contribution in [-0.2, 0) is 9.53 Å². The second-order valence-electron chi connectivity index (χ2n) is 5.59. The Hall–Kier alpha value is -0.650. The summed E-state index contributed by atoms with van der Waals surface area (Å²) >= 11 is 0. The molecular formula is C12H25N3O2. The van der Waals surface area contributed by atoms with E-state index in [9.17, 15) is 4.79 Å². The van der Waals surface area contributed by atoms with E-state index in [0.717, 1.165) is 13.2 Å². The molecule has 1 fully saturated rings. The van der Waals surface area contributed by atoms with E-state index in [4.69, 9.17) is 10.5 Å². The maximum Gasteiger partial charge on any atom is 0.235 e. The largest absolute Gasteiger partial charge is 0.378 e. The van der Waals surface area contributed by atoms with Gasteiger partial charge in [-0.2, -0.15) is 0 Å². The van der Waals surface area contributed by atoms with Gasteiger partial charge < -0.3 is 15.8 Å². The molecule has 1 aliphatic heterocycles. The molecule has 0 spiro atoms. The summed E-state index contributed by atoms with van der Waals surface area (Å²) in [4.78, 5) is 13.7. The molecule has 1 atom stereocenters. The number of carbonyl (C=O) groups is 1. The first kappa shape index (κ1) is 14.4. The lowest BCUT2D eigenvalue weighted by Gasteiger charge is -2.43. The lowest BCUT2D eigenvalue weighted by atomic mass is 10.0. The molecule has 1 heterocycles. The van der Waals surface area contributed by atoms with Crippen LogP contribution in [0.25, 0.3) is 0 Å². The summed E-state index contributed by atoms with van der Waals surface area (Å²) in [6.07, 6.45) is 0. The number of nitrogens with two attached hydrogens (primary N) is 1. The van der Waals surface area contributed by atoms with Crippen LogP contribution in [0.3, 0.4) is 0 Å². The van der Waals surface area contributed by atoms with Gasteiger partial charge in [0.05, 0.1) is 19.3 Å². The molecule has 1 rings (SSSR count). The Morgan fingerprint density at radius 2 is 2.18 bits per heavy atom. The minimum Gasteiger partial charge on any atom is -0.378 e. The van der Waals surface area contributed by atoms with Crippen molar-refractivity contribution in [2.45, 2.75) is 45.3 Å². The molecule has 0 saturated carbocycles. The van der Waals surface area contributed by atoms with E-state index in [1.165, 1.54) is 0 Å². The highest BCUT2D eigenvalue weighted by Crippen LogP contribution is 2.18. The first-order valence-corrected chi connectivity index (χ1v) is 6.21. The van der Waals surface area contributed by atoms with Gasteiger partial charge in [-0.05, 0) is 13.8 Å². The Morgan fingerprint density at radius 1 is 1.53 bits per heavy atom. The molecular weight excluding hydrogens is 218 g/mol. The number of rotatable bonds is 5. The van der Waals surface area contributed by atoms with Crippen LogP contribution in [0, 0.1) is 0 Å². The molecule has 5 nitrogen and oxygen atoms in total. The zero-order valence-electron chi connectivity index (χ0n) is 11.3. The van der Waals surface area contributed by atoms with E-state index in [0.29, 0.717) is 13.2 Å². The SMILES string of the molecule is CC(C)NC(CN1CCOCC1(C)C)C(N)=O. The standard InChI is InChI=1S/C12H25N3O2/c1-9(2)14-10(11(13)16)7-15-5-6-17-8-12(15,3)4/h9-10,14H,5-8H2,1-4H3,(H2,13,16). The molecule has 5 heteroatoms. The Labute approximate surface area is 104 Å². The van der Waals surface area contributed by atoms with Crippen molar-refractivity contribution < 1.29 is 9.53 Å². The monoisotopic (exact) mass is 243 g/mol. The predicted molar refractivity (Wildman–Crippen MR) is 67.7 cm³/mol. The van der Waals surface area contributed by atoms with E-state index in [1.807, 2.05) is 13.8 Å². The Balaban J connectivity index is 2.62. The lowest BCUT2D eigenvalue weighted by molar-refractivity contribution is -0.122. The third-order valence-corrected chi connectivity index (χ3v) is 3.10. The molecule has 17 heavy (non-hydrogen) atoms. The zero-order chi connectivity index (χ0) is 13.1. The third kappa shape index (κ3) is 4.26. The summed E-state index contributed by atoms with van der Waals surface area (Å²) < 4.78 is 5.46. The summed E-state index contributed by atoms with van der Waals surface area (Å²) in [7, 11) is 0. The lowest BCUT2D eigenvalue weighted by Crippen LogP contribution is -2.59. The van der Waals surface area contributed by atoms with Gasteiger partial charge in [0.2, 0.25) is 5.91 Å². The van der Waals surface area contributed by atoms with Gasteiger partial charge in [-0.15, -0.1) is 0 Å². The third-order valence-electron chi connectivity index (χ3n) is 3.10. The Bertz CT molecular complexity index is 266. The van der Waals surface area contributed by atoms with Crippen LogP contribution in [0.15, 0.2) is 0 Å². The highest BCUT2D eigenvalue weighted by Gasteiger charge is 2.33. The van der Waals surface area contributed by atoms with Crippen LogP contribution < -0.4 is 11.1 Å². The van der Waals surface area contributed by atoms with Crippen LogP contribution in [0.2, 0.25) is 0 Å². The van der Waals surface area contributed by atoms with Crippen molar-refractivity contribution >= 4 is 5.91 Å². The summed E-state index contributed by atoms with van der Waals surface area (Å²) in [6, 6.07) is -0.0518. The highest BCUT2D eigenvalue weighted by atomic mass is 16.5. The molecule has 0 aromatic carbocycles. The molecule has 0 aromatic heterocycles. The second-order valence-corrected chi connectivity index (χ2v) is 5.59. The van der Waals surface area contributed by atoms with E-state index in [1.54, 1.807) is 0 Å². The van der Waals surface area contributed by atoms with Crippen molar-refractivity contribution in [1.29, 1.82) is 0 Å². The fourth-order valence-corrected chi connectivity index (χ4v) is 2.08. The molecule has 0 bridgehead atoms. The topological polar surface area (TPSA) is 67.6 Å². The van der Waals surface area contributed by atoms with E-state index in [-0.39, 0.29) is 23.5 Å². The maximum absolute atomic E-state index is 11.4. The van der Waals surface area contributed by atoms with Gasteiger partial charge in [0.25, 0.3) is 0 Å². The van der Waals surface area contributed by atoms with Crippen molar-refractivity contribution in [2.24, 2.45) is 5.73 Å². The highest BCUT2D eigenvalue weighted by molar-refractivity contribution is 5.80. The molecule has 100 valence electrons. The molecule has 1 amide bonds. The van der Waals surface area contributed by atoms with Crippen molar-refractivity contribution in [2.75, 3.05) is 26.3 Å². The number of hydrogen-bond donors (Lipinski definition) is 2. The normalized spacial score (nSPS) is 22.6. The summed E-state index contributed by atoms with van der Waals surface area (Å²) in [6.45, 7) is 11.2. The summed E-state index contributed by atoms with van der Waals surface area (Å²) in [5, 5.41) is 3.21. The van der Waals surface area contributed by atoms with Crippen molar-refractivity contribution in [3.8, 4) is 0 Å². The fourth-order valence-electron chi connectivity index (χ4n) is 2.08. The van der Waals surface area contributed by atoms with Crippen molar-refractivity contribution in [3.63, 3.8) is 0 Å². The number of morpholine rings is 1. The average molecular weight is 243 g/mol. The molecule has 0 aromatic rings. The number of primary amides is 1. The molecule has 0 aliphatic carbocycles. The first-order valence-electron chi connectivity index (χ1n) is 6.21. The average Bonchev–Trinajstić information content (AvgIpc) is 2.18. The van der Waals surface area contributed by atoms with Gasteiger partial charge in [0, 0.05) is 24.7 Å². The first-order chi connectivity index (χ1) is 7.83. The number of amides is 1. The minimum absolute atomic E-state index is 0.0371. The number of nitrogens with zero attached hydrogens (tertiary/aromatic N) is 1. The van der Waals surface area contributed by atoms with Crippen LogP contribution >= 0.6 is 0 Å². The number of ether oxygens (including phenoxy) is 1. The van der Waals surface area contributed by atoms with Gasteiger partial charge in [-0.1, -0.05) is 13.8 Å². The summed E-state index contributed by atoms with van der Waals surface area (Å²) in [5.74, 6) is -0.291. The smallest absolute Gasteiger partial charge is 0.235 e. The molecule has 0 radical (unpaired) electrons. The van der Waals surface area contributed by atoms with Crippen LogP contribution in [0.5, 0.6) is 0 Å². The van der Waals surface area contributed by atoms with Gasteiger partial charge in [0.1, 0.15) is 0 Å². The Morgan fingerprint density at radius 3 is 2.65 bits per heavy atom.